The molecule has 2 heterocycles. The maximum Gasteiger partial charge on any atom is 0.317 e. The number of carbonyl (C=O) groups is 1. The molecule has 0 atom stereocenters. The van der Waals surface area contributed by atoms with E-state index in [1.165, 1.54) is 6.42 Å². The Kier molecular flexibility index (Phi) is 7.27. The highest BCUT2D eigenvalue weighted by atomic mass is 35.5. The van der Waals surface area contributed by atoms with Crippen molar-refractivity contribution in [2.75, 3.05) is 50.7 Å². The molecule has 2 saturated heterocycles. The Morgan fingerprint density at radius 1 is 1.07 bits per heavy atom. The van der Waals surface area contributed by atoms with Gasteiger partial charge in [0, 0.05) is 32.2 Å². The zero-order valence-electron chi connectivity index (χ0n) is 17.3. The van der Waals surface area contributed by atoms with Gasteiger partial charge in [0.15, 0.2) is 0 Å². The van der Waals surface area contributed by atoms with Crippen LogP contribution in [0.2, 0.25) is 10.0 Å². The van der Waals surface area contributed by atoms with Crippen molar-refractivity contribution in [2.45, 2.75) is 44.3 Å². The third kappa shape index (κ3) is 5.32. The van der Waals surface area contributed by atoms with Crippen LogP contribution in [0.3, 0.4) is 0 Å². The maximum absolute atomic E-state index is 12.9. The number of anilines is 1. The Morgan fingerprint density at radius 3 is 2.43 bits per heavy atom. The monoisotopic (exact) mass is 456 g/mol. The van der Waals surface area contributed by atoms with Gasteiger partial charge in [0.1, 0.15) is 6.17 Å². The molecular weight excluding hydrogens is 426 g/mol. The number of nitrogens with one attached hydrogen (secondary N) is 1. The topological polar surface area (TPSA) is 38.8 Å². The second kappa shape index (κ2) is 9.92. The van der Waals surface area contributed by atoms with Gasteiger partial charge in [-0.05, 0) is 56.7 Å². The minimum atomic E-state index is -0.837. The number of halogens is 3. The molecule has 0 spiro atoms. The van der Waals surface area contributed by atoms with Crippen molar-refractivity contribution < 1.29 is 9.18 Å². The van der Waals surface area contributed by atoms with Crippen molar-refractivity contribution in [1.82, 2.24) is 15.1 Å². The van der Waals surface area contributed by atoms with Crippen LogP contribution in [0.5, 0.6) is 0 Å². The molecular formula is C22H31Cl2FN4O. The first-order valence-corrected chi connectivity index (χ1v) is 11.9. The molecule has 166 valence electrons. The zero-order valence-corrected chi connectivity index (χ0v) is 18.8. The summed E-state index contributed by atoms with van der Waals surface area (Å²) in [5.41, 5.74) is 1.03. The normalized spacial score (nSPS) is 25.8. The molecule has 30 heavy (non-hydrogen) atoms. The molecule has 5 nitrogen and oxygen atoms in total. The molecule has 1 N–H and O–H groups in total. The summed E-state index contributed by atoms with van der Waals surface area (Å²) in [5, 5.41) is 4.34. The predicted octanol–water partition coefficient (Wildman–Crippen LogP) is 4.43. The van der Waals surface area contributed by atoms with Crippen molar-refractivity contribution in [3.63, 3.8) is 0 Å². The third-order valence-electron chi connectivity index (χ3n) is 6.80. The minimum Gasteiger partial charge on any atom is -0.368 e. The third-order valence-corrected chi connectivity index (χ3v) is 7.61. The molecule has 1 aromatic rings. The average Bonchev–Trinajstić information content (AvgIpc) is 2.73. The van der Waals surface area contributed by atoms with Gasteiger partial charge in [0.05, 0.1) is 28.8 Å². The predicted molar refractivity (Wildman–Crippen MR) is 120 cm³/mol. The van der Waals surface area contributed by atoms with Gasteiger partial charge < -0.3 is 15.1 Å². The zero-order chi connectivity index (χ0) is 21.1. The number of hydrogen-bond donors (Lipinski definition) is 1. The fourth-order valence-corrected chi connectivity index (χ4v) is 5.18. The van der Waals surface area contributed by atoms with Crippen LogP contribution in [0, 0.1) is 5.92 Å². The van der Waals surface area contributed by atoms with Crippen LogP contribution in [-0.4, -0.2) is 73.9 Å². The van der Waals surface area contributed by atoms with Gasteiger partial charge in [-0.1, -0.05) is 29.3 Å². The summed E-state index contributed by atoms with van der Waals surface area (Å²) in [5.74, 6) is 0.734. The largest absolute Gasteiger partial charge is 0.368 e. The van der Waals surface area contributed by atoms with E-state index in [2.05, 4.69) is 15.1 Å². The van der Waals surface area contributed by atoms with E-state index in [0.29, 0.717) is 10.0 Å². The lowest BCUT2D eigenvalue weighted by Crippen LogP contribution is -2.57. The Bertz CT molecular complexity index is 730. The highest BCUT2D eigenvalue weighted by Crippen LogP contribution is 2.33. The van der Waals surface area contributed by atoms with E-state index >= 15 is 0 Å². The number of benzene rings is 1. The van der Waals surface area contributed by atoms with Gasteiger partial charge in [0.25, 0.3) is 0 Å². The first-order chi connectivity index (χ1) is 14.5. The summed E-state index contributed by atoms with van der Waals surface area (Å²) >= 11 is 12.5. The fraction of sp³-hybridized carbons (Fsp3) is 0.682. The number of rotatable bonds is 5. The van der Waals surface area contributed by atoms with Gasteiger partial charge in [0.2, 0.25) is 0 Å². The Balaban J connectivity index is 1.13. The lowest BCUT2D eigenvalue weighted by atomic mass is 9.84. The van der Waals surface area contributed by atoms with Gasteiger partial charge in [-0.25, -0.2) is 9.18 Å². The van der Waals surface area contributed by atoms with Crippen molar-refractivity contribution >= 4 is 34.9 Å². The molecule has 4 rings (SSSR count). The van der Waals surface area contributed by atoms with Gasteiger partial charge >= 0.3 is 6.03 Å². The Labute approximate surface area is 188 Å². The summed E-state index contributed by atoms with van der Waals surface area (Å²) in [4.78, 5) is 18.5. The van der Waals surface area contributed by atoms with Crippen LogP contribution in [0.4, 0.5) is 14.9 Å². The van der Waals surface area contributed by atoms with Crippen LogP contribution in [0.25, 0.3) is 0 Å². The molecule has 3 aliphatic rings. The van der Waals surface area contributed by atoms with Crippen LogP contribution < -0.4 is 10.2 Å². The van der Waals surface area contributed by atoms with Crippen LogP contribution in [-0.2, 0) is 0 Å². The highest BCUT2D eigenvalue weighted by Gasteiger charge is 2.32. The number of nitrogens with zero attached hydrogens (tertiary/aromatic N) is 3. The fourth-order valence-electron chi connectivity index (χ4n) is 4.77. The summed E-state index contributed by atoms with van der Waals surface area (Å²) < 4.78 is 12.9. The van der Waals surface area contributed by atoms with Crippen molar-refractivity contribution in [3.05, 3.63) is 28.2 Å². The summed E-state index contributed by atoms with van der Waals surface area (Å²) in [6, 6.07) is 5.98. The van der Waals surface area contributed by atoms with E-state index < -0.39 is 6.17 Å². The first kappa shape index (κ1) is 22.0. The molecule has 1 aromatic carbocycles. The molecule has 1 saturated carbocycles. The number of carbonyl (C=O) groups excluding carboxylic acids is 1. The number of piperazine rings is 1. The number of amides is 2. The second-order valence-corrected chi connectivity index (χ2v) is 9.64. The van der Waals surface area contributed by atoms with E-state index in [0.717, 1.165) is 70.0 Å². The standard InChI is InChI=1S/C22H31Cl2FN4O/c23-19-2-1-3-20(21(19)24)28-12-10-27(11-13-28)9-8-16-4-6-18(7-5-16)26-22(30)29-14-17(25)15-29/h1-3,16-18H,4-15H2,(H,26,30). The van der Waals surface area contributed by atoms with Gasteiger partial charge in [-0.2, -0.15) is 0 Å². The number of alkyl halides is 1. The van der Waals surface area contributed by atoms with Gasteiger partial charge in [-0.3, -0.25) is 4.90 Å². The molecule has 8 heteroatoms. The average molecular weight is 457 g/mol. The molecule has 2 amide bonds. The van der Waals surface area contributed by atoms with Crippen molar-refractivity contribution in [3.8, 4) is 0 Å². The van der Waals surface area contributed by atoms with E-state index in [1.54, 1.807) is 4.90 Å². The minimum absolute atomic E-state index is 0.0926. The summed E-state index contributed by atoms with van der Waals surface area (Å²) in [7, 11) is 0. The van der Waals surface area contributed by atoms with Crippen molar-refractivity contribution in [2.24, 2.45) is 5.92 Å². The quantitative estimate of drug-likeness (QED) is 0.711. The number of likely N-dealkylation sites (tertiary alicyclic amines) is 1. The number of urea groups is 1. The molecule has 0 unspecified atom stereocenters. The molecule has 0 radical (unpaired) electrons. The van der Waals surface area contributed by atoms with Gasteiger partial charge in [-0.15, -0.1) is 0 Å². The summed E-state index contributed by atoms with van der Waals surface area (Å²) in [6.45, 7) is 5.64. The van der Waals surface area contributed by atoms with Crippen LogP contribution >= 0.6 is 23.2 Å². The van der Waals surface area contributed by atoms with E-state index in [-0.39, 0.29) is 25.2 Å². The lowest BCUT2D eigenvalue weighted by molar-refractivity contribution is 0.0863. The molecule has 0 aromatic heterocycles. The first-order valence-electron chi connectivity index (χ1n) is 11.1. The lowest BCUT2D eigenvalue weighted by Gasteiger charge is -2.38. The van der Waals surface area contributed by atoms with Crippen LogP contribution in [0.1, 0.15) is 32.1 Å². The Morgan fingerprint density at radius 2 is 1.77 bits per heavy atom. The smallest absolute Gasteiger partial charge is 0.317 e. The molecule has 2 aliphatic heterocycles. The SMILES string of the molecule is O=C(NC1CCC(CCN2CCN(c3cccc(Cl)c3Cl)CC2)CC1)N1CC(F)C1. The van der Waals surface area contributed by atoms with E-state index in [1.807, 2.05) is 18.2 Å². The summed E-state index contributed by atoms with van der Waals surface area (Å²) in [6.07, 6.45) is 4.77. The molecule has 0 bridgehead atoms. The van der Waals surface area contributed by atoms with E-state index in [9.17, 15) is 9.18 Å². The van der Waals surface area contributed by atoms with Crippen molar-refractivity contribution in [1.29, 1.82) is 0 Å². The molecule has 3 fully saturated rings. The number of hydrogen-bond acceptors (Lipinski definition) is 3. The highest BCUT2D eigenvalue weighted by molar-refractivity contribution is 6.43. The Hall–Kier alpha value is -1.24. The van der Waals surface area contributed by atoms with Crippen LogP contribution in [0.15, 0.2) is 18.2 Å². The van der Waals surface area contributed by atoms with E-state index in [4.69, 9.17) is 23.2 Å². The molecule has 1 aliphatic carbocycles. The maximum atomic E-state index is 12.9. The second-order valence-electron chi connectivity index (χ2n) is 8.86.